The van der Waals surface area contributed by atoms with Crippen molar-refractivity contribution in [3.8, 4) is 5.88 Å². The summed E-state index contributed by atoms with van der Waals surface area (Å²) in [6, 6.07) is 5.30. The fourth-order valence-electron chi connectivity index (χ4n) is 1.35. The molecule has 6 nitrogen and oxygen atoms in total. The van der Waals surface area contributed by atoms with E-state index in [4.69, 9.17) is 22.1 Å². The van der Waals surface area contributed by atoms with Crippen molar-refractivity contribution in [3.05, 3.63) is 35.1 Å². The number of nitrogens with one attached hydrogen (secondary N) is 1. The third-order valence-corrected chi connectivity index (χ3v) is 2.39. The molecule has 0 aliphatic heterocycles. The predicted octanol–water partition coefficient (Wildman–Crippen LogP) is 1.73. The van der Waals surface area contributed by atoms with Crippen molar-refractivity contribution in [1.29, 1.82) is 0 Å². The molecule has 0 saturated heterocycles. The third-order valence-electron chi connectivity index (χ3n) is 2.19. The van der Waals surface area contributed by atoms with Gasteiger partial charge in [0.2, 0.25) is 11.8 Å². The molecule has 2 aromatic rings. The molecule has 2 heterocycles. The Hall–Kier alpha value is -2.08. The lowest BCUT2D eigenvalue weighted by atomic mass is 10.3. The third kappa shape index (κ3) is 3.21. The van der Waals surface area contributed by atoms with Gasteiger partial charge in [0.25, 0.3) is 0 Å². The second-order valence-corrected chi connectivity index (χ2v) is 3.88. The monoisotopic (exact) mass is 265 g/mol. The van der Waals surface area contributed by atoms with Crippen molar-refractivity contribution >= 4 is 23.4 Å². The van der Waals surface area contributed by atoms with E-state index in [1.54, 1.807) is 25.4 Å². The number of hydrogen-bond acceptors (Lipinski definition) is 6. The van der Waals surface area contributed by atoms with Gasteiger partial charge in [0.1, 0.15) is 11.0 Å². The van der Waals surface area contributed by atoms with Crippen LogP contribution in [0, 0.1) is 0 Å². The number of nitrogen functional groups attached to an aromatic ring is 1. The van der Waals surface area contributed by atoms with Crippen molar-refractivity contribution < 1.29 is 4.74 Å². The van der Waals surface area contributed by atoms with Gasteiger partial charge in [0.15, 0.2) is 0 Å². The summed E-state index contributed by atoms with van der Waals surface area (Å²) in [5.41, 5.74) is 6.48. The van der Waals surface area contributed by atoms with Crippen LogP contribution in [0.1, 0.15) is 5.56 Å². The summed E-state index contributed by atoms with van der Waals surface area (Å²) in [5.74, 6) is 1.29. The summed E-state index contributed by atoms with van der Waals surface area (Å²) in [6.45, 7) is 0.559. The molecule has 2 rings (SSSR count). The molecule has 0 fully saturated rings. The minimum absolute atomic E-state index is 0.137. The van der Waals surface area contributed by atoms with Gasteiger partial charge in [-0.15, -0.1) is 0 Å². The van der Waals surface area contributed by atoms with Gasteiger partial charge in [-0.2, -0.15) is 4.98 Å². The molecule has 0 unspecified atom stereocenters. The van der Waals surface area contributed by atoms with Crippen molar-refractivity contribution in [2.24, 2.45) is 0 Å². The summed E-state index contributed by atoms with van der Waals surface area (Å²) in [6.07, 6.45) is 1.72. The first kappa shape index (κ1) is 12.4. The molecule has 94 valence electrons. The Labute approximate surface area is 109 Å². The van der Waals surface area contributed by atoms with Crippen LogP contribution in [0.2, 0.25) is 5.15 Å². The van der Waals surface area contributed by atoms with Gasteiger partial charge in [-0.1, -0.05) is 17.7 Å². The van der Waals surface area contributed by atoms with Gasteiger partial charge in [-0.25, -0.2) is 9.97 Å². The van der Waals surface area contributed by atoms with E-state index in [9.17, 15) is 0 Å². The fourth-order valence-corrected chi connectivity index (χ4v) is 1.54. The zero-order valence-corrected chi connectivity index (χ0v) is 10.5. The van der Waals surface area contributed by atoms with Gasteiger partial charge in [-0.3, -0.25) is 0 Å². The number of hydrogen-bond donors (Lipinski definition) is 2. The van der Waals surface area contributed by atoms with Crippen LogP contribution in [-0.2, 0) is 6.54 Å². The number of rotatable bonds is 4. The molecule has 0 amide bonds. The Kier molecular flexibility index (Phi) is 3.78. The van der Waals surface area contributed by atoms with Crippen LogP contribution in [-0.4, -0.2) is 22.1 Å². The SMILES string of the molecule is COc1ccc(CNc2cc(Cl)nc(N)n2)cn1. The topological polar surface area (TPSA) is 86.0 Å². The number of nitrogens with two attached hydrogens (primary N) is 1. The maximum atomic E-state index is 5.77. The van der Waals surface area contributed by atoms with Gasteiger partial charge >= 0.3 is 0 Å². The summed E-state index contributed by atoms with van der Waals surface area (Å²) >= 11 is 5.77. The molecule has 18 heavy (non-hydrogen) atoms. The van der Waals surface area contributed by atoms with Crippen LogP contribution < -0.4 is 15.8 Å². The molecule has 2 aromatic heterocycles. The second-order valence-electron chi connectivity index (χ2n) is 3.50. The molecule has 7 heteroatoms. The molecule has 0 radical (unpaired) electrons. The van der Waals surface area contributed by atoms with E-state index in [-0.39, 0.29) is 5.95 Å². The van der Waals surface area contributed by atoms with Gasteiger partial charge in [-0.05, 0) is 5.56 Å². The highest BCUT2D eigenvalue weighted by Gasteiger charge is 2.01. The Balaban J connectivity index is 2.01. The smallest absolute Gasteiger partial charge is 0.223 e. The molecular formula is C11H12ClN5O. The number of anilines is 2. The van der Waals surface area contributed by atoms with Gasteiger partial charge < -0.3 is 15.8 Å². The van der Waals surface area contributed by atoms with E-state index in [1.807, 2.05) is 6.07 Å². The standard InChI is InChI=1S/C11H12ClN5O/c1-18-10-3-2-7(6-15-10)5-14-9-4-8(12)16-11(13)17-9/h2-4,6H,5H2,1H3,(H3,13,14,16,17). The highest BCUT2D eigenvalue weighted by Crippen LogP contribution is 2.14. The lowest BCUT2D eigenvalue weighted by Gasteiger charge is -2.06. The van der Waals surface area contributed by atoms with E-state index in [0.29, 0.717) is 23.4 Å². The number of aromatic nitrogens is 3. The van der Waals surface area contributed by atoms with E-state index in [2.05, 4.69) is 20.3 Å². The van der Waals surface area contributed by atoms with Crippen LogP contribution >= 0.6 is 11.6 Å². The summed E-state index contributed by atoms with van der Waals surface area (Å²) in [7, 11) is 1.58. The van der Waals surface area contributed by atoms with Crippen LogP contribution in [0.5, 0.6) is 5.88 Å². The highest BCUT2D eigenvalue weighted by atomic mass is 35.5. The van der Waals surface area contributed by atoms with Crippen molar-refractivity contribution in [2.75, 3.05) is 18.2 Å². The minimum atomic E-state index is 0.137. The summed E-state index contributed by atoms with van der Waals surface area (Å²) in [5, 5.41) is 3.39. The number of nitrogens with zero attached hydrogens (tertiary/aromatic N) is 3. The highest BCUT2D eigenvalue weighted by molar-refractivity contribution is 6.29. The Morgan fingerprint density at radius 1 is 1.39 bits per heavy atom. The average Bonchev–Trinajstić information content (AvgIpc) is 2.36. The molecule has 0 bridgehead atoms. The van der Waals surface area contributed by atoms with Crippen molar-refractivity contribution in [3.63, 3.8) is 0 Å². The van der Waals surface area contributed by atoms with E-state index < -0.39 is 0 Å². The lowest BCUT2D eigenvalue weighted by Crippen LogP contribution is -2.04. The summed E-state index contributed by atoms with van der Waals surface area (Å²) in [4.78, 5) is 11.9. The zero-order chi connectivity index (χ0) is 13.0. The fraction of sp³-hybridized carbons (Fsp3) is 0.182. The molecule has 0 aromatic carbocycles. The molecule has 0 atom stereocenters. The molecule has 3 N–H and O–H groups in total. The predicted molar refractivity (Wildman–Crippen MR) is 69.6 cm³/mol. The molecule has 0 aliphatic carbocycles. The number of methoxy groups -OCH3 is 1. The quantitative estimate of drug-likeness (QED) is 0.819. The molecular weight excluding hydrogens is 254 g/mol. The van der Waals surface area contributed by atoms with Crippen molar-refractivity contribution in [1.82, 2.24) is 15.0 Å². The number of halogens is 1. The van der Waals surface area contributed by atoms with Crippen LogP contribution in [0.15, 0.2) is 24.4 Å². The normalized spacial score (nSPS) is 10.1. The minimum Gasteiger partial charge on any atom is -0.481 e. The largest absolute Gasteiger partial charge is 0.481 e. The van der Waals surface area contributed by atoms with Crippen LogP contribution in [0.3, 0.4) is 0 Å². The molecule has 0 spiro atoms. The van der Waals surface area contributed by atoms with E-state index >= 15 is 0 Å². The maximum absolute atomic E-state index is 5.77. The summed E-state index contributed by atoms with van der Waals surface area (Å²) < 4.78 is 4.98. The first-order chi connectivity index (χ1) is 8.67. The number of ether oxygens (including phenoxy) is 1. The first-order valence-corrected chi connectivity index (χ1v) is 5.58. The van der Waals surface area contributed by atoms with Crippen LogP contribution in [0.4, 0.5) is 11.8 Å². The van der Waals surface area contributed by atoms with Crippen molar-refractivity contribution in [2.45, 2.75) is 6.54 Å². The second kappa shape index (κ2) is 5.50. The first-order valence-electron chi connectivity index (χ1n) is 5.20. The molecule has 0 saturated carbocycles. The zero-order valence-electron chi connectivity index (χ0n) is 9.72. The average molecular weight is 266 g/mol. The van der Waals surface area contributed by atoms with Gasteiger partial charge in [0, 0.05) is 24.9 Å². The Bertz CT molecular complexity index is 511. The van der Waals surface area contributed by atoms with Crippen LogP contribution in [0.25, 0.3) is 0 Å². The molecule has 0 aliphatic rings. The Morgan fingerprint density at radius 3 is 2.83 bits per heavy atom. The van der Waals surface area contributed by atoms with E-state index in [1.165, 1.54) is 0 Å². The Morgan fingerprint density at radius 2 is 2.22 bits per heavy atom. The lowest BCUT2D eigenvalue weighted by molar-refractivity contribution is 0.397. The maximum Gasteiger partial charge on any atom is 0.223 e. The van der Waals surface area contributed by atoms with Gasteiger partial charge in [0.05, 0.1) is 7.11 Å². The van der Waals surface area contributed by atoms with E-state index in [0.717, 1.165) is 5.56 Å². The number of pyridine rings is 1.